The monoisotopic (exact) mass is 230 g/mol. The van der Waals surface area contributed by atoms with Crippen molar-refractivity contribution in [2.24, 2.45) is 0 Å². The minimum Gasteiger partial charge on any atom is -0.508 e. The molecule has 3 N–H and O–H groups in total. The van der Waals surface area contributed by atoms with Crippen LogP contribution >= 0.6 is 0 Å². The summed E-state index contributed by atoms with van der Waals surface area (Å²) < 4.78 is 0. The molecule has 0 bridgehead atoms. The van der Waals surface area contributed by atoms with Gasteiger partial charge < -0.3 is 15.1 Å². The first-order chi connectivity index (χ1) is 8.06. The summed E-state index contributed by atoms with van der Waals surface area (Å²) in [6.45, 7) is 3.44. The number of rotatable bonds is 1. The quantitative estimate of drug-likeness (QED) is 0.588. The zero-order chi connectivity index (χ0) is 12.4. The van der Waals surface area contributed by atoms with E-state index in [1.165, 1.54) is 18.2 Å². The van der Waals surface area contributed by atoms with E-state index in [1.807, 2.05) is 0 Å². The maximum Gasteiger partial charge on any atom is 0.262 e. The Morgan fingerprint density at radius 3 is 2.41 bits per heavy atom. The van der Waals surface area contributed by atoms with Crippen molar-refractivity contribution in [2.45, 2.75) is 0 Å². The fraction of sp³-hybridized carbons (Fsp3) is 0. The first-order valence-corrected chi connectivity index (χ1v) is 4.88. The van der Waals surface area contributed by atoms with Crippen LogP contribution in [0.15, 0.2) is 33.9 Å². The van der Waals surface area contributed by atoms with Crippen LogP contribution in [0.3, 0.4) is 0 Å². The summed E-state index contributed by atoms with van der Waals surface area (Å²) in [5.41, 5.74) is -0.296. The van der Waals surface area contributed by atoms with Crippen LogP contribution in [0, 0.1) is 0 Å². The van der Waals surface area contributed by atoms with E-state index in [-0.39, 0.29) is 16.4 Å². The van der Waals surface area contributed by atoms with Crippen molar-refractivity contribution in [3.05, 3.63) is 61.2 Å². The second-order valence-electron chi connectivity index (χ2n) is 3.54. The molecule has 0 spiro atoms. The van der Waals surface area contributed by atoms with Gasteiger partial charge in [-0.3, -0.25) is 9.59 Å². The molecule has 0 fully saturated rings. The summed E-state index contributed by atoms with van der Waals surface area (Å²) >= 11 is 0. The maximum atomic E-state index is 11.5. The number of aromatic amines is 2. The largest absolute Gasteiger partial charge is 0.508 e. The first kappa shape index (κ1) is 10.9. The van der Waals surface area contributed by atoms with Gasteiger partial charge in [-0.2, -0.15) is 0 Å². The Labute approximate surface area is 95.4 Å². The van der Waals surface area contributed by atoms with Crippen molar-refractivity contribution in [1.82, 2.24) is 9.97 Å². The molecule has 1 heterocycles. The van der Waals surface area contributed by atoms with Crippen molar-refractivity contribution in [3.63, 3.8) is 0 Å². The average molecular weight is 230 g/mol. The lowest BCUT2D eigenvalue weighted by Crippen LogP contribution is -2.47. The van der Waals surface area contributed by atoms with Gasteiger partial charge in [-0.15, -0.1) is 0 Å². The van der Waals surface area contributed by atoms with Gasteiger partial charge in [-0.05, 0) is 23.8 Å². The Balaban J connectivity index is 2.74. The summed E-state index contributed by atoms with van der Waals surface area (Å²) in [4.78, 5) is 27.9. The predicted octanol–water partition coefficient (Wildman–Crippen LogP) is -0.992. The molecule has 0 radical (unpaired) electrons. The van der Waals surface area contributed by atoms with E-state index >= 15 is 0 Å². The van der Waals surface area contributed by atoms with Gasteiger partial charge in [0.2, 0.25) is 0 Å². The maximum absolute atomic E-state index is 11.5. The smallest absolute Gasteiger partial charge is 0.262 e. The van der Waals surface area contributed by atoms with Gasteiger partial charge >= 0.3 is 0 Å². The van der Waals surface area contributed by atoms with E-state index in [4.69, 9.17) is 0 Å². The van der Waals surface area contributed by atoms with E-state index in [0.29, 0.717) is 5.56 Å². The number of phenols is 1. The van der Waals surface area contributed by atoms with Gasteiger partial charge in [0.25, 0.3) is 11.1 Å². The van der Waals surface area contributed by atoms with Crippen molar-refractivity contribution in [2.75, 3.05) is 0 Å². The van der Waals surface area contributed by atoms with Crippen LogP contribution in [-0.4, -0.2) is 15.1 Å². The van der Waals surface area contributed by atoms with E-state index in [0.717, 1.165) is 0 Å². The fourth-order valence-corrected chi connectivity index (χ4v) is 1.46. The van der Waals surface area contributed by atoms with Crippen LogP contribution in [0.4, 0.5) is 0 Å². The van der Waals surface area contributed by atoms with Crippen molar-refractivity contribution in [1.29, 1.82) is 0 Å². The Bertz CT molecular complexity index is 734. The molecule has 1 aromatic heterocycles. The number of aromatic nitrogens is 2. The minimum absolute atomic E-state index is 0.0250. The highest BCUT2D eigenvalue weighted by Crippen LogP contribution is 2.10. The minimum atomic E-state index is -0.512. The molecular formula is C12H10N2O3. The van der Waals surface area contributed by atoms with Gasteiger partial charge in [0.05, 0.1) is 0 Å². The third-order valence-corrected chi connectivity index (χ3v) is 2.20. The highest BCUT2D eigenvalue weighted by Gasteiger charge is 1.97. The zero-order valence-electron chi connectivity index (χ0n) is 8.86. The van der Waals surface area contributed by atoms with Crippen molar-refractivity contribution in [3.8, 4) is 5.75 Å². The fourth-order valence-electron chi connectivity index (χ4n) is 1.46. The molecule has 5 heteroatoms. The Morgan fingerprint density at radius 2 is 1.82 bits per heavy atom. The normalized spacial score (nSPS) is 10.1. The molecule has 1 aromatic carbocycles. The summed E-state index contributed by atoms with van der Waals surface area (Å²) in [6, 6.07) is 6.26. The SMILES string of the molecule is C=c1[nH]c(=O)c(=Cc2cccc(O)c2)c(=O)[nH]1. The zero-order valence-corrected chi connectivity index (χ0v) is 8.86. The predicted molar refractivity (Wildman–Crippen MR) is 64.1 cm³/mol. The van der Waals surface area contributed by atoms with Crippen LogP contribution in [-0.2, 0) is 0 Å². The van der Waals surface area contributed by atoms with Crippen LogP contribution in [0.25, 0.3) is 12.7 Å². The highest BCUT2D eigenvalue weighted by molar-refractivity contribution is 5.50. The Kier molecular flexibility index (Phi) is 2.66. The summed E-state index contributed by atoms with van der Waals surface area (Å²) in [6.07, 6.45) is 1.40. The average Bonchev–Trinajstić information content (AvgIpc) is 2.23. The molecule has 2 aromatic rings. The third-order valence-electron chi connectivity index (χ3n) is 2.20. The molecular weight excluding hydrogens is 220 g/mol. The van der Waals surface area contributed by atoms with E-state index in [9.17, 15) is 14.7 Å². The highest BCUT2D eigenvalue weighted by atomic mass is 16.3. The van der Waals surface area contributed by atoms with Crippen LogP contribution in [0.2, 0.25) is 0 Å². The number of hydrogen-bond donors (Lipinski definition) is 3. The number of phenolic OH excluding ortho intramolecular Hbond substituents is 1. The second kappa shape index (κ2) is 4.13. The lowest BCUT2D eigenvalue weighted by atomic mass is 10.2. The summed E-state index contributed by atoms with van der Waals surface area (Å²) in [7, 11) is 0. The van der Waals surface area contributed by atoms with Crippen LogP contribution in [0.1, 0.15) is 5.56 Å². The molecule has 2 rings (SSSR count). The van der Waals surface area contributed by atoms with Gasteiger partial charge in [-0.1, -0.05) is 18.7 Å². The molecule has 86 valence electrons. The molecule has 0 aliphatic rings. The molecule has 0 unspecified atom stereocenters. The lowest BCUT2D eigenvalue weighted by molar-refractivity contribution is 0.475. The Morgan fingerprint density at radius 1 is 1.18 bits per heavy atom. The van der Waals surface area contributed by atoms with E-state index in [1.54, 1.807) is 12.1 Å². The molecule has 0 saturated heterocycles. The number of hydrogen-bond acceptors (Lipinski definition) is 3. The van der Waals surface area contributed by atoms with Gasteiger partial charge in [0.15, 0.2) is 0 Å². The van der Waals surface area contributed by atoms with Crippen molar-refractivity contribution >= 4 is 12.7 Å². The number of nitrogens with one attached hydrogen (secondary N) is 2. The topological polar surface area (TPSA) is 85.9 Å². The van der Waals surface area contributed by atoms with Crippen LogP contribution < -0.4 is 21.8 Å². The van der Waals surface area contributed by atoms with Gasteiger partial charge in [0.1, 0.15) is 16.4 Å². The summed E-state index contributed by atoms with van der Waals surface area (Å²) in [5.74, 6) is 0.0698. The standard InChI is InChI=1S/C12H10N2O3/c1-7-13-11(16)10(12(17)14-7)6-8-3-2-4-9(15)5-8/h2-6,15H,1H2,(H,13,16)(H,14,17). The molecule has 0 amide bonds. The number of aromatic hydroxyl groups is 1. The Hall–Kier alpha value is -2.56. The molecule has 5 nitrogen and oxygen atoms in total. The van der Waals surface area contributed by atoms with E-state index < -0.39 is 11.1 Å². The molecule has 0 aliphatic carbocycles. The molecule has 0 atom stereocenters. The van der Waals surface area contributed by atoms with E-state index in [2.05, 4.69) is 16.5 Å². The summed E-state index contributed by atoms with van der Waals surface area (Å²) in [5, 5.41) is 9.25. The third kappa shape index (κ3) is 2.34. The number of benzene rings is 1. The van der Waals surface area contributed by atoms with Gasteiger partial charge in [0, 0.05) is 0 Å². The van der Waals surface area contributed by atoms with Crippen molar-refractivity contribution < 1.29 is 5.11 Å². The molecule has 17 heavy (non-hydrogen) atoms. The molecule has 0 aliphatic heterocycles. The lowest BCUT2D eigenvalue weighted by Gasteiger charge is -1.94. The first-order valence-electron chi connectivity index (χ1n) is 4.88. The van der Waals surface area contributed by atoms with Gasteiger partial charge in [-0.25, -0.2) is 0 Å². The number of H-pyrrole nitrogens is 2. The van der Waals surface area contributed by atoms with Crippen LogP contribution in [0.5, 0.6) is 5.75 Å². The second-order valence-corrected chi connectivity index (χ2v) is 3.54. The molecule has 0 saturated carbocycles.